The largest absolute Gasteiger partial charge is 0.493 e. The molecule has 0 spiro atoms. The Morgan fingerprint density at radius 3 is 2.59 bits per heavy atom. The van der Waals surface area contributed by atoms with Gasteiger partial charge in [0.1, 0.15) is 6.61 Å². The number of hydrogen-bond donors (Lipinski definition) is 3. The number of nitrogens with one attached hydrogen (secondary N) is 2. The summed E-state index contributed by atoms with van der Waals surface area (Å²) in [7, 11) is 1.61. The summed E-state index contributed by atoms with van der Waals surface area (Å²) < 4.78 is 10.9. The molecular weight excluding hydrogens is 368 g/mol. The maximum absolute atomic E-state index is 8.93. The van der Waals surface area contributed by atoms with Crippen LogP contribution in [0.1, 0.15) is 45.6 Å². The lowest BCUT2D eigenvalue weighted by Crippen LogP contribution is -2.54. The molecule has 164 valence electrons. The highest BCUT2D eigenvalue weighted by Gasteiger charge is 2.27. The van der Waals surface area contributed by atoms with Crippen LogP contribution < -0.4 is 20.1 Å². The van der Waals surface area contributed by atoms with Gasteiger partial charge in [0, 0.05) is 18.6 Å². The fraction of sp³-hybridized carbons (Fsp3) is 0.682. The second-order valence-electron chi connectivity index (χ2n) is 7.97. The van der Waals surface area contributed by atoms with E-state index in [-0.39, 0.29) is 18.8 Å². The van der Waals surface area contributed by atoms with Crippen molar-refractivity contribution in [3.8, 4) is 11.5 Å². The zero-order chi connectivity index (χ0) is 21.1. The first kappa shape index (κ1) is 23.3. The lowest BCUT2D eigenvalue weighted by molar-refractivity contribution is 0.0982. The Balaban J connectivity index is 1.99. The summed E-state index contributed by atoms with van der Waals surface area (Å²) in [5.74, 6) is 2.09. The van der Waals surface area contributed by atoms with Gasteiger partial charge >= 0.3 is 0 Å². The van der Waals surface area contributed by atoms with Crippen LogP contribution in [0.3, 0.4) is 0 Å². The summed E-state index contributed by atoms with van der Waals surface area (Å²) in [6, 6.07) is 5.76. The standard InChI is InChI=1S/C22H38N4O3/c1-5-23-21(25-17-22(2,3)26-11-7-6-8-12-26)24-16-18-9-10-19(29-14-13-27)20(15-18)28-4/h9-10,15,27H,5-8,11-14,16-17H2,1-4H3,(H2,23,24,25). The van der Waals surface area contributed by atoms with Crippen LogP contribution in [0.5, 0.6) is 11.5 Å². The number of nitrogens with zero attached hydrogens (tertiary/aromatic N) is 2. The van der Waals surface area contributed by atoms with Crippen molar-refractivity contribution in [2.24, 2.45) is 4.99 Å². The number of ether oxygens (including phenoxy) is 2. The number of guanidine groups is 1. The van der Waals surface area contributed by atoms with Crippen molar-refractivity contribution in [2.45, 2.75) is 52.1 Å². The van der Waals surface area contributed by atoms with Crippen LogP contribution in [0.25, 0.3) is 0 Å². The summed E-state index contributed by atoms with van der Waals surface area (Å²) in [4.78, 5) is 7.31. The number of piperidine rings is 1. The van der Waals surface area contributed by atoms with Crippen LogP contribution in [0.2, 0.25) is 0 Å². The first-order valence-corrected chi connectivity index (χ1v) is 10.7. The van der Waals surface area contributed by atoms with Gasteiger partial charge in [-0.25, -0.2) is 4.99 Å². The highest BCUT2D eigenvalue weighted by Crippen LogP contribution is 2.28. The Labute approximate surface area is 175 Å². The van der Waals surface area contributed by atoms with Gasteiger partial charge in [0.25, 0.3) is 0 Å². The Hall–Kier alpha value is -1.99. The summed E-state index contributed by atoms with van der Waals surface area (Å²) in [5.41, 5.74) is 1.12. The molecule has 2 rings (SSSR count). The van der Waals surface area contributed by atoms with Crippen molar-refractivity contribution in [3.05, 3.63) is 23.8 Å². The maximum atomic E-state index is 8.93. The Morgan fingerprint density at radius 2 is 1.93 bits per heavy atom. The van der Waals surface area contributed by atoms with Gasteiger partial charge in [-0.3, -0.25) is 4.90 Å². The molecule has 0 bridgehead atoms. The van der Waals surface area contributed by atoms with E-state index in [2.05, 4.69) is 36.3 Å². The van der Waals surface area contributed by atoms with E-state index in [0.717, 1.165) is 24.6 Å². The molecule has 0 amide bonds. The molecule has 7 heteroatoms. The molecule has 0 radical (unpaired) electrons. The van der Waals surface area contributed by atoms with Gasteiger partial charge in [-0.1, -0.05) is 12.5 Å². The van der Waals surface area contributed by atoms with E-state index in [1.54, 1.807) is 7.11 Å². The van der Waals surface area contributed by atoms with Crippen molar-refractivity contribution in [1.82, 2.24) is 15.5 Å². The number of benzene rings is 1. The van der Waals surface area contributed by atoms with Crippen LogP contribution in [0.15, 0.2) is 23.2 Å². The number of aliphatic hydroxyl groups excluding tert-OH is 1. The third-order valence-electron chi connectivity index (χ3n) is 5.24. The predicted molar refractivity (Wildman–Crippen MR) is 118 cm³/mol. The Bertz CT molecular complexity index is 643. The van der Waals surface area contributed by atoms with Crippen molar-refractivity contribution >= 4 is 5.96 Å². The van der Waals surface area contributed by atoms with Gasteiger partial charge in [-0.05, 0) is 64.4 Å². The van der Waals surface area contributed by atoms with Crippen LogP contribution in [-0.4, -0.2) is 68.0 Å². The SMILES string of the molecule is CCNC(=NCc1ccc(OCCO)c(OC)c1)NCC(C)(C)N1CCCCC1. The molecule has 1 aliphatic rings. The molecule has 0 aromatic heterocycles. The molecule has 7 nitrogen and oxygen atoms in total. The molecule has 0 unspecified atom stereocenters. The lowest BCUT2D eigenvalue weighted by atomic mass is 9.98. The van der Waals surface area contributed by atoms with Gasteiger partial charge in [0.15, 0.2) is 17.5 Å². The topological polar surface area (TPSA) is 78.4 Å². The fourth-order valence-electron chi connectivity index (χ4n) is 3.51. The average Bonchev–Trinajstić information content (AvgIpc) is 2.75. The average molecular weight is 407 g/mol. The van der Waals surface area contributed by atoms with E-state index in [1.807, 2.05) is 18.2 Å². The van der Waals surface area contributed by atoms with Crippen LogP contribution in [0.4, 0.5) is 0 Å². The number of methoxy groups -OCH3 is 1. The van der Waals surface area contributed by atoms with Crippen molar-refractivity contribution in [2.75, 3.05) is 46.5 Å². The third kappa shape index (κ3) is 7.40. The second kappa shape index (κ2) is 11.9. The first-order valence-electron chi connectivity index (χ1n) is 10.7. The molecule has 0 saturated carbocycles. The van der Waals surface area contributed by atoms with E-state index >= 15 is 0 Å². The molecular formula is C22H38N4O3. The predicted octanol–water partition coefficient (Wildman–Crippen LogP) is 2.39. The molecule has 1 aliphatic heterocycles. The Kier molecular flexibility index (Phi) is 9.54. The van der Waals surface area contributed by atoms with E-state index in [4.69, 9.17) is 19.6 Å². The summed E-state index contributed by atoms with van der Waals surface area (Å²) in [6.07, 6.45) is 3.92. The summed E-state index contributed by atoms with van der Waals surface area (Å²) >= 11 is 0. The summed E-state index contributed by atoms with van der Waals surface area (Å²) in [6.45, 7) is 11.4. The smallest absolute Gasteiger partial charge is 0.191 e. The molecule has 1 saturated heterocycles. The van der Waals surface area contributed by atoms with E-state index in [0.29, 0.717) is 18.0 Å². The molecule has 29 heavy (non-hydrogen) atoms. The third-order valence-corrected chi connectivity index (χ3v) is 5.24. The molecule has 3 N–H and O–H groups in total. The molecule has 0 aliphatic carbocycles. The number of likely N-dealkylation sites (tertiary alicyclic amines) is 1. The normalized spacial score (nSPS) is 15.8. The molecule has 1 aromatic carbocycles. The molecule has 1 heterocycles. The van der Waals surface area contributed by atoms with E-state index < -0.39 is 0 Å². The van der Waals surface area contributed by atoms with Gasteiger partial charge in [-0.2, -0.15) is 0 Å². The number of aliphatic hydroxyl groups is 1. The Morgan fingerprint density at radius 1 is 1.17 bits per heavy atom. The van der Waals surface area contributed by atoms with Gasteiger partial charge in [0.05, 0.1) is 20.3 Å². The van der Waals surface area contributed by atoms with E-state index in [9.17, 15) is 0 Å². The number of rotatable bonds is 10. The van der Waals surface area contributed by atoms with Gasteiger partial charge < -0.3 is 25.2 Å². The minimum Gasteiger partial charge on any atom is -0.493 e. The number of aliphatic imine (C=N–C) groups is 1. The van der Waals surface area contributed by atoms with E-state index in [1.165, 1.54) is 32.4 Å². The van der Waals surface area contributed by atoms with Crippen molar-refractivity contribution in [3.63, 3.8) is 0 Å². The van der Waals surface area contributed by atoms with Gasteiger partial charge in [0.2, 0.25) is 0 Å². The van der Waals surface area contributed by atoms with Crippen molar-refractivity contribution < 1.29 is 14.6 Å². The zero-order valence-electron chi connectivity index (χ0n) is 18.5. The van der Waals surface area contributed by atoms with Crippen LogP contribution in [-0.2, 0) is 6.54 Å². The van der Waals surface area contributed by atoms with Gasteiger partial charge in [-0.15, -0.1) is 0 Å². The monoisotopic (exact) mass is 406 g/mol. The highest BCUT2D eigenvalue weighted by molar-refractivity contribution is 5.79. The minimum atomic E-state index is -0.0271. The fourth-order valence-corrected chi connectivity index (χ4v) is 3.51. The zero-order valence-corrected chi connectivity index (χ0v) is 18.5. The van der Waals surface area contributed by atoms with Crippen LogP contribution in [0, 0.1) is 0 Å². The maximum Gasteiger partial charge on any atom is 0.191 e. The summed E-state index contributed by atoms with van der Waals surface area (Å²) in [5, 5.41) is 15.8. The molecule has 1 aromatic rings. The van der Waals surface area contributed by atoms with Crippen molar-refractivity contribution in [1.29, 1.82) is 0 Å². The molecule has 1 fully saturated rings. The number of hydrogen-bond acceptors (Lipinski definition) is 5. The first-order chi connectivity index (χ1) is 14.0. The minimum absolute atomic E-state index is 0.0271. The quantitative estimate of drug-likeness (QED) is 0.409. The van der Waals surface area contributed by atoms with Crippen LogP contribution >= 0.6 is 0 Å². The molecule has 0 atom stereocenters. The second-order valence-corrected chi connectivity index (χ2v) is 7.97. The lowest BCUT2D eigenvalue weighted by Gasteiger charge is -2.41. The highest BCUT2D eigenvalue weighted by atomic mass is 16.5.